The summed E-state index contributed by atoms with van der Waals surface area (Å²) in [7, 11) is 0. The number of hydrogen-bond donors (Lipinski definition) is 2. The number of para-hydroxylation sites is 1. The molecule has 0 aliphatic carbocycles. The number of anilines is 2. The molecule has 1 aromatic heterocycles. The van der Waals surface area contributed by atoms with E-state index >= 15 is 0 Å². The Morgan fingerprint density at radius 2 is 2.05 bits per heavy atom. The second-order valence-electron chi connectivity index (χ2n) is 4.97. The third-order valence-electron chi connectivity index (χ3n) is 2.68. The summed E-state index contributed by atoms with van der Waals surface area (Å²) in [4.78, 5) is 20.3. The van der Waals surface area contributed by atoms with Gasteiger partial charge in [0.2, 0.25) is 5.95 Å². The monoisotopic (exact) mass is 304 g/mol. The third-order valence-corrected chi connectivity index (χ3v) is 3.01. The average Bonchev–Trinajstić information content (AvgIpc) is 2.47. The summed E-state index contributed by atoms with van der Waals surface area (Å²) >= 11 is 6.06. The van der Waals surface area contributed by atoms with Gasteiger partial charge in [-0.3, -0.25) is 4.79 Å². The van der Waals surface area contributed by atoms with Gasteiger partial charge >= 0.3 is 0 Å². The molecule has 0 radical (unpaired) electrons. The number of nitrogens with one attached hydrogen (secondary N) is 2. The Morgan fingerprint density at radius 3 is 2.76 bits per heavy atom. The molecule has 6 heteroatoms. The predicted molar refractivity (Wildman–Crippen MR) is 83.9 cm³/mol. The van der Waals surface area contributed by atoms with Gasteiger partial charge < -0.3 is 10.6 Å². The highest BCUT2D eigenvalue weighted by Gasteiger charge is 2.09. The third kappa shape index (κ3) is 4.43. The minimum atomic E-state index is -0.215. The van der Waals surface area contributed by atoms with Gasteiger partial charge in [0, 0.05) is 12.7 Å². The minimum absolute atomic E-state index is 0.215. The van der Waals surface area contributed by atoms with E-state index in [0.717, 1.165) is 0 Å². The lowest BCUT2D eigenvalue weighted by molar-refractivity contribution is 0.0944. The van der Waals surface area contributed by atoms with Gasteiger partial charge in [0.25, 0.3) is 5.91 Å². The van der Waals surface area contributed by atoms with E-state index < -0.39 is 0 Å². The van der Waals surface area contributed by atoms with Crippen LogP contribution in [-0.4, -0.2) is 22.4 Å². The fourth-order valence-electron chi connectivity index (χ4n) is 1.62. The van der Waals surface area contributed by atoms with Crippen molar-refractivity contribution in [2.24, 2.45) is 5.92 Å². The number of rotatable bonds is 5. The molecule has 0 atom stereocenters. The first kappa shape index (κ1) is 15.3. The van der Waals surface area contributed by atoms with Gasteiger partial charge in [0.1, 0.15) is 5.69 Å². The number of aromatic nitrogens is 2. The van der Waals surface area contributed by atoms with Crippen molar-refractivity contribution < 1.29 is 4.79 Å². The van der Waals surface area contributed by atoms with Gasteiger partial charge in [-0.15, -0.1) is 0 Å². The van der Waals surface area contributed by atoms with E-state index in [1.54, 1.807) is 12.1 Å². The van der Waals surface area contributed by atoms with Crippen molar-refractivity contribution in [1.82, 2.24) is 15.3 Å². The number of hydrogen-bond acceptors (Lipinski definition) is 4. The Bertz CT molecular complexity index is 631. The molecule has 0 saturated carbocycles. The molecule has 1 heterocycles. The van der Waals surface area contributed by atoms with Crippen LogP contribution in [0.15, 0.2) is 36.5 Å². The van der Waals surface area contributed by atoms with Crippen LogP contribution < -0.4 is 10.6 Å². The zero-order valence-corrected chi connectivity index (χ0v) is 12.7. The molecule has 0 aliphatic rings. The van der Waals surface area contributed by atoms with Gasteiger partial charge in [-0.2, -0.15) is 0 Å². The first-order valence-corrected chi connectivity index (χ1v) is 7.07. The SMILES string of the molecule is CC(C)CNC(=O)c1ccnc(Nc2ccccc2Cl)n1. The van der Waals surface area contributed by atoms with E-state index in [0.29, 0.717) is 34.8 Å². The number of halogens is 1. The van der Waals surface area contributed by atoms with Crippen molar-refractivity contribution in [2.45, 2.75) is 13.8 Å². The Kier molecular flexibility index (Phi) is 5.11. The van der Waals surface area contributed by atoms with Crippen molar-refractivity contribution in [3.63, 3.8) is 0 Å². The zero-order valence-electron chi connectivity index (χ0n) is 11.9. The molecule has 2 N–H and O–H groups in total. The average molecular weight is 305 g/mol. The fraction of sp³-hybridized carbons (Fsp3) is 0.267. The normalized spacial score (nSPS) is 10.5. The molecule has 0 unspecified atom stereocenters. The van der Waals surface area contributed by atoms with E-state index in [9.17, 15) is 4.79 Å². The van der Waals surface area contributed by atoms with E-state index in [4.69, 9.17) is 11.6 Å². The molecule has 110 valence electrons. The van der Waals surface area contributed by atoms with E-state index in [-0.39, 0.29) is 5.91 Å². The largest absolute Gasteiger partial charge is 0.350 e. The second-order valence-corrected chi connectivity index (χ2v) is 5.38. The summed E-state index contributed by atoms with van der Waals surface area (Å²) in [5, 5.41) is 6.38. The molecule has 1 aromatic carbocycles. The van der Waals surface area contributed by atoms with Crippen LogP contribution in [0.2, 0.25) is 5.02 Å². The van der Waals surface area contributed by atoms with Gasteiger partial charge in [0.05, 0.1) is 10.7 Å². The van der Waals surface area contributed by atoms with Crippen LogP contribution in [0.25, 0.3) is 0 Å². The Hall–Kier alpha value is -2.14. The highest BCUT2D eigenvalue weighted by molar-refractivity contribution is 6.33. The number of amides is 1. The highest BCUT2D eigenvalue weighted by atomic mass is 35.5. The Labute approximate surface area is 128 Å². The van der Waals surface area contributed by atoms with Crippen molar-refractivity contribution in [3.05, 3.63) is 47.2 Å². The van der Waals surface area contributed by atoms with Crippen molar-refractivity contribution >= 4 is 29.1 Å². The molecule has 5 nitrogen and oxygen atoms in total. The van der Waals surface area contributed by atoms with Gasteiger partial charge in [-0.1, -0.05) is 37.6 Å². The first-order chi connectivity index (χ1) is 10.1. The van der Waals surface area contributed by atoms with Crippen LogP contribution in [0.5, 0.6) is 0 Å². The van der Waals surface area contributed by atoms with Crippen LogP contribution in [0, 0.1) is 5.92 Å². The molecule has 1 amide bonds. The van der Waals surface area contributed by atoms with Crippen molar-refractivity contribution in [2.75, 3.05) is 11.9 Å². The molecule has 0 saturated heterocycles. The summed E-state index contributed by atoms with van der Waals surface area (Å²) in [6.45, 7) is 4.67. The first-order valence-electron chi connectivity index (χ1n) is 6.69. The standard InChI is InChI=1S/C15H17ClN4O/c1-10(2)9-18-14(21)13-7-8-17-15(20-13)19-12-6-4-3-5-11(12)16/h3-8,10H,9H2,1-2H3,(H,18,21)(H,17,19,20). The van der Waals surface area contributed by atoms with E-state index in [1.807, 2.05) is 32.0 Å². The van der Waals surface area contributed by atoms with Gasteiger partial charge in [0.15, 0.2) is 0 Å². The van der Waals surface area contributed by atoms with Crippen molar-refractivity contribution in [3.8, 4) is 0 Å². The summed E-state index contributed by atoms with van der Waals surface area (Å²) in [6, 6.07) is 8.85. The lowest BCUT2D eigenvalue weighted by atomic mass is 10.2. The predicted octanol–water partition coefficient (Wildman–Crippen LogP) is 3.26. The fourth-order valence-corrected chi connectivity index (χ4v) is 1.80. The van der Waals surface area contributed by atoms with Crippen LogP contribution >= 0.6 is 11.6 Å². The number of carbonyl (C=O) groups is 1. The molecule has 0 spiro atoms. The minimum Gasteiger partial charge on any atom is -0.350 e. The molecular formula is C15H17ClN4O. The number of benzene rings is 1. The summed E-state index contributed by atoms with van der Waals surface area (Å²) in [5.74, 6) is 0.505. The van der Waals surface area contributed by atoms with E-state index in [2.05, 4.69) is 20.6 Å². The zero-order chi connectivity index (χ0) is 15.2. The van der Waals surface area contributed by atoms with Crippen LogP contribution in [0.3, 0.4) is 0 Å². The van der Waals surface area contributed by atoms with Gasteiger partial charge in [-0.25, -0.2) is 9.97 Å². The highest BCUT2D eigenvalue weighted by Crippen LogP contribution is 2.22. The van der Waals surface area contributed by atoms with E-state index in [1.165, 1.54) is 6.20 Å². The number of nitrogens with zero attached hydrogens (tertiary/aromatic N) is 2. The maximum Gasteiger partial charge on any atom is 0.270 e. The lowest BCUT2D eigenvalue weighted by Crippen LogP contribution is -2.28. The summed E-state index contributed by atoms with van der Waals surface area (Å²) < 4.78 is 0. The Morgan fingerprint density at radius 1 is 1.29 bits per heavy atom. The summed E-state index contributed by atoms with van der Waals surface area (Å²) in [6.07, 6.45) is 1.54. The molecule has 0 bridgehead atoms. The van der Waals surface area contributed by atoms with Crippen LogP contribution in [0.1, 0.15) is 24.3 Å². The molecule has 2 aromatic rings. The van der Waals surface area contributed by atoms with Gasteiger partial charge in [-0.05, 0) is 24.1 Å². The molecule has 21 heavy (non-hydrogen) atoms. The Balaban J connectivity index is 2.11. The smallest absolute Gasteiger partial charge is 0.270 e. The van der Waals surface area contributed by atoms with Crippen molar-refractivity contribution in [1.29, 1.82) is 0 Å². The maximum absolute atomic E-state index is 12.0. The molecule has 2 rings (SSSR count). The lowest BCUT2D eigenvalue weighted by Gasteiger charge is -2.09. The second kappa shape index (κ2) is 7.04. The molecular weight excluding hydrogens is 288 g/mol. The van der Waals surface area contributed by atoms with Crippen LogP contribution in [0.4, 0.5) is 11.6 Å². The maximum atomic E-state index is 12.0. The quantitative estimate of drug-likeness (QED) is 0.890. The molecule has 0 aliphatic heterocycles. The molecule has 0 fully saturated rings. The number of carbonyl (C=O) groups excluding carboxylic acids is 1. The van der Waals surface area contributed by atoms with Crippen LogP contribution in [-0.2, 0) is 0 Å². The topological polar surface area (TPSA) is 66.9 Å². The summed E-state index contributed by atoms with van der Waals surface area (Å²) in [5.41, 5.74) is 1.01.